The molecule has 1 aliphatic rings. The van der Waals surface area contributed by atoms with Crippen LogP contribution in [0.25, 0.3) is 0 Å². The number of rotatable bonds is 4. The second-order valence-corrected chi connectivity index (χ2v) is 4.56. The molecule has 5 heteroatoms. The van der Waals surface area contributed by atoms with Crippen LogP contribution < -0.4 is 11.1 Å². The van der Waals surface area contributed by atoms with Gasteiger partial charge in [-0.25, -0.2) is 0 Å². The molecular formula is C11H20N4O. The summed E-state index contributed by atoms with van der Waals surface area (Å²) < 4.78 is 1.79. The van der Waals surface area contributed by atoms with Crippen LogP contribution in [0.3, 0.4) is 0 Å². The number of nitrogens with zero attached hydrogens (tertiary/aromatic N) is 2. The second-order valence-electron chi connectivity index (χ2n) is 4.56. The topological polar surface area (TPSA) is 76.1 Å². The quantitative estimate of drug-likeness (QED) is 0.705. The Kier molecular flexibility index (Phi) is 3.05. The lowest BCUT2D eigenvalue weighted by Crippen LogP contribution is -2.33. The van der Waals surface area contributed by atoms with E-state index in [1.165, 1.54) is 0 Å². The highest BCUT2D eigenvalue weighted by Crippen LogP contribution is 2.29. The maximum Gasteiger partial charge on any atom is 0.147 e. The summed E-state index contributed by atoms with van der Waals surface area (Å²) in [6, 6.07) is 0. The van der Waals surface area contributed by atoms with E-state index in [4.69, 9.17) is 5.73 Å². The Balaban J connectivity index is 1.96. The van der Waals surface area contributed by atoms with E-state index < -0.39 is 0 Å². The number of aryl methyl sites for hydroxylation is 2. The van der Waals surface area contributed by atoms with Crippen molar-refractivity contribution < 1.29 is 5.11 Å². The molecule has 0 spiro atoms. The number of hydrogen-bond acceptors (Lipinski definition) is 4. The normalized spacial score (nSPS) is 24.2. The largest absolute Gasteiger partial charge is 0.394 e. The van der Waals surface area contributed by atoms with Crippen molar-refractivity contribution in [3.63, 3.8) is 0 Å². The summed E-state index contributed by atoms with van der Waals surface area (Å²) in [7, 11) is 1.90. The van der Waals surface area contributed by atoms with Gasteiger partial charge in [-0.1, -0.05) is 6.92 Å². The van der Waals surface area contributed by atoms with Crippen molar-refractivity contribution in [2.24, 2.45) is 13.0 Å². The average molecular weight is 224 g/mol. The Morgan fingerprint density at radius 3 is 2.75 bits per heavy atom. The molecule has 1 aliphatic carbocycles. The first-order chi connectivity index (χ1) is 7.61. The smallest absolute Gasteiger partial charge is 0.147 e. The predicted octanol–water partition coefficient (Wildman–Crippen LogP) is 0.748. The third kappa shape index (κ3) is 2.00. The molecule has 0 aromatic carbocycles. The second kappa shape index (κ2) is 4.33. The first-order valence-corrected chi connectivity index (χ1v) is 5.85. The SMILES string of the molecule is CCc1nn(C)c(NCC2CC(O)C2)c1N. The van der Waals surface area contributed by atoms with Crippen molar-refractivity contribution in [2.75, 3.05) is 17.6 Å². The molecule has 90 valence electrons. The molecule has 16 heavy (non-hydrogen) atoms. The number of aliphatic hydroxyl groups excluding tert-OH is 1. The third-order valence-corrected chi connectivity index (χ3v) is 3.26. The van der Waals surface area contributed by atoms with Gasteiger partial charge in [-0.2, -0.15) is 5.10 Å². The van der Waals surface area contributed by atoms with Crippen LogP contribution >= 0.6 is 0 Å². The number of nitrogens with one attached hydrogen (secondary N) is 1. The van der Waals surface area contributed by atoms with Gasteiger partial charge >= 0.3 is 0 Å². The molecule has 1 fully saturated rings. The van der Waals surface area contributed by atoms with Gasteiger partial charge in [0, 0.05) is 13.6 Å². The van der Waals surface area contributed by atoms with Gasteiger partial charge in [0.05, 0.1) is 17.5 Å². The predicted molar refractivity (Wildman–Crippen MR) is 64.2 cm³/mol. The number of hydrogen-bond donors (Lipinski definition) is 3. The molecule has 4 N–H and O–H groups in total. The van der Waals surface area contributed by atoms with E-state index >= 15 is 0 Å². The van der Waals surface area contributed by atoms with E-state index in [0.717, 1.165) is 43.0 Å². The van der Waals surface area contributed by atoms with Crippen molar-refractivity contribution in [1.82, 2.24) is 9.78 Å². The minimum atomic E-state index is -0.0955. The summed E-state index contributed by atoms with van der Waals surface area (Å²) in [6.07, 6.45) is 2.54. The van der Waals surface area contributed by atoms with Crippen LogP contribution in [-0.2, 0) is 13.5 Å². The monoisotopic (exact) mass is 224 g/mol. The molecule has 0 unspecified atom stereocenters. The molecule has 1 saturated carbocycles. The number of aliphatic hydroxyl groups is 1. The molecule has 0 bridgehead atoms. The summed E-state index contributed by atoms with van der Waals surface area (Å²) in [6.45, 7) is 2.91. The molecular weight excluding hydrogens is 204 g/mol. The van der Waals surface area contributed by atoms with E-state index in [1.54, 1.807) is 4.68 Å². The maximum absolute atomic E-state index is 9.20. The van der Waals surface area contributed by atoms with Crippen molar-refractivity contribution >= 4 is 11.5 Å². The fourth-order valence-electron chi connectivity index (χ4n) is 2.17. The van der Waals surface area contributed by atoms with Crippen LogP contribution in [-0.4, -0.2) is 27.5 Å². The van der Waals surface area contributed by atoms with Gasteiger partial charge in [-0.05, 0) is 25.2 Å². The van der Waals surface area contributed by atoms with Gasteiger partial charge in [-0.15, -0.1) is 0 Å². The van der Waals surface area contributed by atoms with Gasteiger partial charge in [-0.3, -0.25) is 4.68 Å². The Morgan fingerprint density at radius 2 is 2.25 bits per heavy atom. The number of nitrogens with two attached hydrogens (primary N) is 1. The van der Waals surface area contributed by atoms with Gasteiger partial charge in [0.15, 0.2) is 0 Å². The first kappa shape index (κ1) is 11.3. The summed E-state index contributed by atoms with van der Waals surface area (Å²) in [4.78, 5) is 0. The van der Waals surface area contributed by atoms with Crippen molar-refractivity contribution in [1.29, 1.82) is 0 Å². The van der Waals surface area contributed by atoms with E-state index in [9.17, 15) is 5.11 Å². The van der Waals surface area contributed by atoms with Crippen molar-refractivity contribution in [2.45, 2.75) is 32.3 Å². The number of aromatic nitrogens is 2. The van der Waals surface area contributed by atoms with Crippen LogP contribution in [0.1, 0.15) is 25.5 Å². The number of anilines is 2. The van der Waals surface area contributed by atoms with Gasteiger partial charge < -0.3 is 16.2 Å². The molecule has 1 heterocycles. The van der Waals surface area contributed by atoms with Gasteiger partial charge in [0.1, 0.15) is 5.82 Å². The van der Waals surface area contributed by atoms with Gasteiger partial charge in [0.25, 0.3) is 0 Å². The Morgan fingerprint density at radius 1 is 1.56 bits per heavy atom. The van der Waals surface area contributed by atoms with Crippen molar-refractivity contribution in [3.8, 4) is 0 Å². The lowest BCUT2D eigenvalue weighted by atomic mass is 9.82. The number of nitrogen functional groups attached to an aromatic ring is 1. The summed E-state index contributed by atoms with van der Waals surface area (Å²) >= 11 is 0. The summed E-state index contributed by atoms with van der Waals surface area (Å²) in [5, 5.41) is 16.9. The van der Waals surface area contributed by atoms with E-state index in [0.29, 0.717) is 5.92 Å². The Bertz CT molecular complexity index is 368. The highest BCUT2D eigenvalue weighted by atomic mass is 16.3. The molecule has 0 radical (unpaired) electrons. The standard InChI is InChI=1S/C11H20N4O/c1-3-9-10(12)11(15(2)14-9)13-6-7-4-8(16)5-7/h7-8,13,16H,3-6,12H2,1-2H3. The van der Waals surface area contributed by atoms with Crippen molar-refractivity contribution in [3.05, 3.63) is 5.69 Å². The Labute approximate surface area is 95.6 Å². The van der Waals surface area contributed by atoms with Crippen LogP contribution in [0.15, 0.2) is 0 Å². The molecule has 0 amide bonds. The highest BCUT2D eigenvalue weighted by Gasteiger charge is 2.27. The molecule has 1 aromatic rings. The highest BCUT2D eigenvalue weighted by molar-refractivity contribution is 5.65. The summed E-state index contributed by atoms with van der Waals surface area (Å²) in [5.74, 6) is 1.47. The fraction of sp³-hybridized carbons (Fsp3) is 0.727. The molecule has 0 saturated heterocycles. The average Bonchev–Trinajstić information content (AvgIpc) is 2.48. The van der Waals surface area contributed by atoms with Crippen LogP contribution in [0.2, 0.25) is 0 Å². The molecule has 2 rings (SSSR count). The molecule has 5 nitrogen and oxygen atoms in total. The maximum atomic E-state index is 9.20. The molecule has 0 atom stereocenters. The molecule has 1 aromatic heterocycles. The molecule has 0 aliphatic heterocycles. The lowest BCUT2D eigenvalue weighted by Gasteiger charge is -2.31. The van der Waals surface area contributed by atoms with Crippen LogP contribution in [0.4, 0.5) is 11.5 Å². The van der Waals surface area contributed by atoms with E-state index in [-0.39, 0.29) is 6.10 Å². The van der Waals surface area contributed by atoms with Crippen LogP contribution in [0, 0.1) is 5.92 Å². The Hall–Kier alpha value is -1.23. The zero-order valence-corrected chi connectivity index (χ0v) is 9.90. The zero-order valence-electron chi connectivity index (χ0n) is 9.90. The fourth-order valence-corrected chi connectivity index (χ4v) is 2.17. The minimum absolute atomic E-state index is 0.0955. The van der Waals surface area contributed by atoms with E-state index in [1.807, 2.05) is 14.0 Å². The minimum Gasteiger partial charge on any atom is -0.394 e. The lowest BCUT2D eigenvalue weighted by molar-refractivity contribution is 0.0486. The zero-order chi connectivity index (χ0) is 11.7. The van der Waals surface area contributed by atoms with Crippen LogP contribution in [0.5, 0.6) is 0 Å². The summed E-state index contributed by atoms with van der Waals surface area (Å²) in [5.41, 5.74) is 7.69. The van der Waals surface area contributed by atoms with E-state index in [2.05, 4.69) is 10.4 Å². The first-order valence-electron chi connectivity index (χ1n) is 5.85. The third-order valence-electron chi connectivity index (χ3n) is 3.26. The van der Waals surface area contributed by atoms with Gasteiger partial charge in [0.2, 0.25) is 0 Å².